The van der Waals surface area contributed by atoms with Gasteiger partial charge in [-0.2, -0.15) is 0 Å². The van der Waals surface area contributed by atoms with E-state index < -0.39 is 18.0 Å². The van der Waals surface area contributed by atoms with Crippen LogP contribution in [0.4, 0.5) is 5.69 Å². The van der Waals surface area contributed by atoms with Crippen LogP contribution in [-0.2, 0) is 14.3 Å². The number of nitrogens with zero attached hydrogens (tertiary/aromatic N) is 1. The summed E-state index contributed by atoms with van der Waals surface area (Å²) in [7, 11) is 0. The van der Waals surface area contributed by atoms with Crippen LogP contribution >= 0.6 is 23.2 Å². The molecule has 3 rings (SSSR count). The van der Waals surface area contributed by atoms with Gasteiger partial charge in [0.25, 0.3) is 0 Å². The monoisotopic (exact) mass is 419 g/mol. The lowest BCUT2D eigenvalue weighted by atomic mass is 10.0. The first-order valence-corrected chi connectivity index (χ1v) is 9.82. The molecule has 0 radical (unpaired) electrons. The third-order valence-corrected chi connectivity index (χ3v) is 5.05. The molecule has 0 spiro atoms. The van der Waals surface area contributed by atoms with Crippen LogP contribution in [0.15, 0.2) is 54.6 Å². The van der Waals surface area contributed by atoms with Crippen molar-refractivity contribution in [2.24, 2.45) is 5.92 Å². The van der Waals surface area contributed by atoms with Gasteiger partial charge in [0.2, 0.25) is 11.7 Å². The summed E-state index contributed by atoms with van der Waals surface area (Å²) in [5.41, 5.74) is 1.12. The quantitative estimate of drug-likeness (QED) is 0.384. The first-order chi connectivity index (χ1) is 13.5. The van der Waals surface area contributed by atoms with Gasteiger partial charge in [0.1, 0.15) is 0 Å². The molecule has 5 nitrogen and oxygen atoms in total. The summed E-state index contributed by atoms with van der Waals surface area (Å²) in [5.74, 6) is -1.51. The van der Waals surface area contributed by atoms with Gasteiger partial charge in [0, 0.05) is 41.5 Å². The van der Waals surface area contributed by atoms with E-state index in [0.717, 1.165) is 5.69 Å². The molecule has 0 aliphatic carbocycles. The standard InChI is InChI=1S/C21H19Cl2NO4/c22-11-10-18(20(26)14-6-8-16(23)9-7-14)28-21(27)15-12-19(25)24(13-15)17-4-2-1-3-5-17/h1-9,15,18H,10-13H2/t15-,18+/m0/s1. The van der Waals surface area contributed by atoms with Crippen LogP contribution in [0.3, 0.4) is 0 Å². The number of ketones is 1. The van der Waals surface area contributed by atoms with E-state index in [0.29, 0.717) is 10.6 Å². The van der Waals surface area contributed by atoms with Crippen LogP contribution in [0.1, 0.15) is 23.2 Å². The number of anilines is 1. The highest BCUT2D eigenvalue weighted by Gasteiger charge is 2.38. The minimum Gasteiger partial charge on any atom is -0.454 e. The number of hydrogen-bond acceptors (Lipinski definition) is 4. The summed E-state index contributed by atoms with van der Waals surface area (Å²) in [6, 6.07) is 15.5. The van der Waals surface area contributed by atoms with Crippen molar-refractivity contribution in [2.45, 2.75) is 18.9 Å². The van der Waals surface area contributed by atoms with Crippen molar-refractivity contribution >= 4 is 46.5 Å². The second kappa shape index (κ2) is 9.22. The number of halogens is 2. The Bertz CT molecular complexity index is 854. The molecule has 0 saturated carbocycles. The van der Waals surface area contributed by atoms with Crippen LogP contribution in [0.25, 0.3) is 0 Å². The van der Waals surface area contributed by atoms with Crippen molar-refractivity contribution in [2.75, 3.05) is 17.3 Å². The smallest absolute Gasteiger partial charge is 0.312 e. The Morgan fingerprint density at radius 1 is 1.11 bits per heavy atom. The minimum atomic E-state index is -0.993. The lowest BCUT2D eigenvalue weighted by Crippen LogP contribution is -2.32. The predicted molar refractivity (Wildman–Crippen MR) is 108 cm³/mol. The Morgan fingerprint density at radius 3 is 2.43 bits per heavy atom. The first-order valence-electron chi connectivity index (χ1n) is 8.91. The van der Waals surface area contributed by atoms with Crippen LogP contribution in [0, 0.1) is 5.92 Å². The van der Waals surface area contributed by atoms with Crippen molar-refractivity contribution in [3.63, 3.8) is 0 Å². The fourth-order valence-corrected chi connectivity index (χ4v) is 3.43. The lowest BCUT2D eigenvalue weighted by Gasteiger charge is -2.19. The number of para-hydroxylation sites is 1. The van der Waals surface area contributed by atoms with Crippen molar-refractivity contribution in [3.05, 3.63) is 65.2 Å². The third kappa shape index (κ3) is 4.72. The van der Waals surface area contributed by atoms with Gasteiger partial charge >= 0.3 is 5.97 Å². The zero-order valence-electron chi connectivity index (χ0n) is 15.0. The molecule has 0 bridgehead atoms. The third-order valence-electron chi connectivity index (χ3n) is 4.58. The maximum Gasteiger partial charge on any atom is 0.312 e. The van der Waals surface area contributed by atoms with Crippen LogP contribution < -0.4 is 4.90 Å². The molecular formula is C21H19Cl2NO4. The van der Waals surface area contributed by atoms with Crippen molar-refractivity contribution in [1.82, 2.24) is 0 Å². The number of hydrogen-bond donors (Lipinski definition) is 0. The van der Waals surface area contributed by atoms with Crippen LogP contribution in [0.2, 0.25) is 5.02 Å². The molecule has 146 valence electrons. The molecule has 1 aliphatic rings. The molecule has 7 heteroatoms. The predicted octanol–water partition coefficient (Wildman–Crippen LogP) is 4.12. The lowest BCUT2D eigenvalue weighted by molar-refractivity contribution is -0.151. The average molecular weight is 420 g/mol. The van der Waals surface area contributed by atoms with E-state index in [4.69, 9.17) is 27.9 Å². The number of amides is 1. The number of ether oxygens (including phenoxy) is 1. The fourth-order valence-electron chi connectivity index (χ4n) is 3.10. The maximum absolute atomic E-state index is 12.7. The Hall–Kier alpha value is -2.37. The highest BCUT2D eigenvalue weighted by Crippen LogP contribution is 2.26. The molecule has 1 amide bonds. The summed E-state index contributed by atoms with van der Waals surface area (Å²) in [6.07, 6.45) is -0.749. The zero-order chi connectivity index (χ0) is 20.1. The summed E-state index contributed by atoms with van der Waals surface area (Å²) in [6.45, 7) is 0.227. The maximum atomic E-state index is 12.7. The molecule has 28 heavy (non-hydrogen) atoms. The summed E-state index contributed by atoms with van der Waals surface area (Å²) < 4.78 is 5.47. The molecule has 2 aromatic rings. The number of carbonyl (C=O) groups is 3. The van der Waals surface area contributed by atoms with Gasteiger partial charge < -0.3 is 9.64 Å². The zero-order valence-corrected chi connectivity index (χ0v) is 16.5. The summed E-state index contributed by atoms with van der Waals surface area (Å²) in [5, 5.41) is 0.507. The van der Waals surface area contributed by atoms with Gasteiger partial charge in [-0.1, -0.05) is 29.8 Å². The second-order valence-electron chi connectivity index (χ2n) is 6.52. The van der Waals surface area contributed by atoms with Crippen molar-refractivity contribution in [1.29, 1.82) is 0 Å². The SMILES string of the molecule is O=C(O[C@H](CCCl)C(=O)c1ccc(Cl)cc1)[C@H]1CC(=O)N(c2ccccc2)C1. The van der Waals surface area contributed by atoms with Gasteiger partial charge in [-0.3, -0.25) is 14.4 Å². The largest absolute Gasteiger partial charge is 0.454 e. The normalized spacial score (nSPS) is 17.4. The van der Waals surface area contributed by atoms with E-state index in [9.17, 15) is 14.4 Å². The number of rotatable bonds is 7. The average Bonchev–Trinajstić information content (AvgIpc) is 3.10. The van der Waals surface area contributed by atoms with Crippen molar-refractivity contribution in [3.8, 4) is 0 Å². The Morgan fingerprint density at radius 2 is 1.79 bits per heavy atom. The van der Waals surface area contributed by atoms with E-state index in [1.54, 1.807) is 29.2 Å². The Labute approximate surface area is 173 Å². The summed E-state index contributed by atoms with van der Waals surface area (Å²) in [4.78, 5) is 39.2. The molecule has 2 atom stereocenters. The fraction of sp³-hybridized carbons (Fsp3) is 0.286. The molecule has 0 unspecified atom stereocenters. The van der Waals surface area contributed by atoms with E-state index in [1.165, 1.54) is 0 Å². The van der Waals surface area contributed by atoms with E-state index in [2.05, 4.69) is 0 Å². The number of benzene rings is 2. The van der Waals surface area contributed by atoms with Gasteiger partial charge in [-0.25, -0.2) is 0 Å². The Balaban J connectivity index is 1.68. The van der Waals surface area contributed by atoms with Crippen LogP contribution in [0.5, 0.6) is 0 Å². The molecule has 1 saturated heterocycles. The molecular weight excluding hydrogens is 401 g/mol. The molecule has 2 aromatic carbocycles. The minimum absolute atomic E-state index is 0.0520. The molecule has 1 fully saturated rings. The van der Waals surface area contributed by atoms with Gasteiger partial charge in [0.15, 0.2) is 6.10 Å². The number of carbonyl (C=O) groups excluding carboxylic acids is 3. The van der Waals surface area contributed by atoms with E-state index in [-0.39, 0.29) is 37.0 Å². The van der Waals surface area contributed by atoms with Gasteiger partial charge in [-0.15, -0.1) is 11.6 Å². The topological polar surface area (TPSA) is 63.7 Å². The highest BCUT2D eigenvalue weighted by atomic mass is 35.5. The Kier molecular flexibility index (Phi) is 6.70. The van der Waals surface area contributed by atoms with E-state index >= 15 is 0 Å². The molecule has 0 N–H and O–H groups in total. The van der Waals surface area contributed by atoms with Gasteiger partial charge in [0.05, 0.1) is 5.92 Å². The number of esters is 1. The number of Topliss-reactive ketones (excluding diaryl/α,β-unsaturated/α-hetero) is 1. The summed E-state index contributed by atoms with van der Waals surface area (Å²) >= 11 is 11.6. The van der Waals surface area contributed by atoms with E-state index in [1.807, 2.05) is 30.3 Å². The van der Waals surface area contributed by atoms with Gasteiger partial charge in [-0.05, 0) is 36.4 Å². The van der Waals surface area contributed by atoms with Crippen LogP contribution in [-0.4, -0.2) is 36.2 Å². The second-order valence-corrected chi connectivity index (χ2v) is 7.33. The van der Waals surface area contributed by atoms with Crippen molar-refractivity contribution < 1.29 is 19.1 Å². The number of alkyl halides is 1. The molecule has 1 aliphatic heterocycles. The molecule has 0 aromatic heterocycles. The highest BCUT2D eigenvalue weighted by molar-refractivity contribution is 6.30. The first kappa shape index (κ1) is 20.4. The molecule has 1 heterocycles.